The van der Waals surface area contributed by atoms with Crippen molar-refractivity contribution in [3.8, 4) is 5.75 Å². The van der Waals surface area contributed by atoms with Crippen molar-refractivity contribution < 1.29 is 9.13 Å². The van der Waals surface area contributed by atoms with Crippen molar-refractivity contribution >= 4 is 5.71 Å². The van der Waals surface area contributed by atoms with Gasteiger partial charge in [0.1, 0.15) is 18.2 Å². The number of aryl methyl sites for hydroxylation is 1. The van der Waals surface area contributed by atoms with Crippen molar-refractivity contribution in [2.24, 2.45) is 0 Å². The van der Waals surface area contributed by atoms with Gasteiger partial charge >= 0.3 is 0 Å². The summed E-state index contributed by atoms with van der Waals surface area (Å²) in [5, 5.41) is 7.84. The summed E-state index contributed by atoms with van der Waals surface area (Å²) in [7, 11) is 0. The first kappa shape index (κ1) is 11.9. The predicted octanol–water partition coefficient (Wildman–Crippen LogP) is 3.72. The Bertz CT molecular complexity index is 636. The minimum Gasteiger partial charge on any atom is -0.489 e. The molecule has 0 atom stereocenters. The molecule has 2 aromatic carbocycles. The van der Waals surface area contributed by atoms with Gasteiger partial charge in [-0.3, -0.25) is 0 Å². The fraction of sp³-hybridized carbons (Fsp3) is 0.188. The van der Waals surface area contributed by atoms with Crippen molar-refractivity contribution in [1.29, 1.82) is 5.41 Å². The van der Waals surface area contributed by atoms with E-state index in [1.165, 1.54) is 11.6 Å². The third kappa shape index (κ3) is 2.36. The van der Waals surface area contributed by atoms with Gasteiger partial charge in [0.25, 0.3) is 0 Å². The minimum atomic E-state index is -0.253. The first-order valence-corrected chi connectivity index (χ1v) is 6.31. The van der Waals surface area contributed by atoms with Gasteiger partial charge < -0.3 is 10.1 Å². The topological polar surface area (TPSA) is 33.1 Å². The molecule has 0 saturated heterocycles. The van der Waals surface area contributed by atoms with E-state index in [4.69, 9.17) is 10.1 Å². The van der Waals surface area contributed by atoms with Crippen molar-refractivity contribution in [3.63, 3.8) is 0 Å². The largest absolute Gasteiger partial charge is 0.489 e. The maximum atomic E-state index is 13.5. The Morgan fingerprint density at radius 3 is 2.79 bits per heavy atom. The Morgan fingerprint density at radius 2 is 1.95 bits per heavy atom. The third-order valence-corrected chi connectivity index (χ3v) is 3.40. The van der Waals surface area contributed by atoms with Crippen LogP contribution in [0, 0.1) is 11.2 Å². The highest BCUT2D eigenvalue weighted by Crippen LogP contribution is 2.26. The summed E-state index contributed by atoms with van der Waals surface area (Å²) in [6.45, 7) is 0.207. The van der Waals surface area contributed by atoms with Gasteiger partial charge in [0.2, 0.25) is 0 Å². The first-order chi connectivity index (χ1) is 9.24. The number of hydrogen-bond acceptors (Lipinski definition) is 2. The molecule has 1 N–H and O–H groups in total. The Balaban J connectivity index is 1.76. The van der Waals surface area contributed by atoms with E-state index < -0.39 is 0 Å². The number of ether oxygens (including phenoxy) is 1. The molecule has 0 heterocycles. The number of halogens is 1. The molecule has 0 fully saturated rings. The molecule has 0 amide bonds. The lowest BCUT2D eigenvalue weighted by Crippen LogP contribution is -1.99. The lowest BCUT2D eigenvalue weighted by molar-refractivity contribution is 0.300. The van der Waals surface area contributed by atoms with E-state index in [2.05, 4.69) is 0 Å². The lowest BCUT2D eigenvalue weighted by atomic mass is 10.1. The maximum Gasteiger partial charge on any atom is 0.129 e. The van der Waals surface area contributed by atoms with Crippen LogP contribution >= 0.6 is 0 Å². The third-order valence-electron chi connectivity index (χ3n) is 3.40. The number of benzene rings is 2. The average Bonchev–Trinajstić information content (AvgIpc) is 2.79. The van der Waals surface area contributed by atoms with Gasteiger partial charge in [-0.25, -0.2) is 4.39 Å². The summed E-state index contributed by atoms with van der Waals surface area (Å²) in [6, 6.07) is 12.4. The van der Waals surface area contributed by atoms with Gasteiger partial charge in [0.15, 0.2) is 0 Å². The highest BCUT2D eigenvalue weighted by atomic mass is 19.1. The maximum absolute atomic E-state index is 13.5. The fourth-order valence-electron chi connectivity index (χ4n) is 2.32. The van der Waals surface area contributed by atoms with E-state index in [9.17, 15) is 4.39 Å². The van der Waals surface area contributed by atoms with Crippen LogP contribution in [0.5, 0.6) is 5.75 Å². The molecule has 0 aromatic heterocycles. The van der Waals surface area contributed by atoms with E-state index >= 15 is 0 Å². The molecular formula is C16H14FNO. The molecule has 0 saturated carbocycles. The smallest absolute Gasteiger partial charge is 0.129 e. The molecule has 2 aromatic rings. The standard InChI is InChI=1S/C16H14FNO/c17-15-4-2-1-3-12(15)10-19-13-7-5-11-6-8-16(18)14(11)9-13/h1-5,7,9,18H,6,8,10H2. The molecule has 96 valence electrons. The van der Waals surface area contributed by atoms with E-state index in [-0.39, 0.29) is 12.4 Å². The van der Waals surface area contributed by atoms with Crippen molar-refractivity contribution in [2.45, 2.75) is 19.4 Å². The molecule has 1 aliphatic carbocycles. The van der Waals surface area contributed by atoms with Crippen molar-refractivity contribution in [1.82, 2.24) is 0 Å². The fourth-order valence-corrected chi connectivity index (χ4v) is 2.32. The van der Waals surface area contributed by atoms with Gasteiger partial charge in [0.05, 0.1) is 0 Å². The van der Waals surface area contributed by atoms with Crippen LogP contribution in [-0.4, -0.2) is 5.71 Å². The summed E-state index contributed by atoms with van der Waals surface area (Å²) in [5.41, 5.74) is 3.36. The van der Waals surface area contributed by atoms with Crippen LogP contribution < -0.4 is 4.74 Å². The van der Waals surface area contributed by atoms with E-state index in [1.807, 2.05) is 18.2 Å². The van der Waals surface area contributed by atoms with Gasteiger partial charge in [0, 0.05) is 16.8 Å². The van der Waals surface area contributed by atoms with Crippen LogP contribution in [0.25, 0.3) is 0 Å². The van der Waals surface area contributed by atoms with E-state index in [0.29, 0.717) is 17.0 Å². The van der Waals surface area contributed by atoms with Gasteiger partial charge in [-0.05, 0) is 36.6 Å². The van der Waals surface area contributed by atoms with Crippen LogP contribution in [0.3, 0.4) is 0 Å². The zero-order valence-electron chi connectivity index (χ0n) is 10.4. The molecule has 0 radical (unpaired) electrons. The monoisotopic (exact) mass is 255 g/mol. The van der Waals surface area contributed by atoms with Gasteiger partial charge in [-0.1, -0.05) is 24.3 Å². The highest BCUT2D eigenvalue weighted by molar-refractivity contribution is 6.02. The average molecular weight is 255 g/mol. The zero-order chi connectivity index (χ0) is 13.2. The molecule has 19 heavy (non-hydrogen) atoms. The van der Waals surface area contributed by atoms with Crippen LogP contribution in [0.4, 0.5) is 4.39 Å². The minimum absolute atomic E-state index is 0.207. The molecule has 0 unspecified atom stereocenters. The zero-order valence-corrected chi connectivity index (χ0v) is 10.4. The summed E-state index contributed by atoms with van der Waals surface area (Å²) in [5.74, 6) is 0.435. The Morgan fingerprint density at radius 1 is 1.11 bits per heavy atom. The highest BCUT2D eigenvalue weighted by Gasteiger charge is 2.16. The first-order valence-electron chi connectivity index (χ1n) is 6.31. The summed E-state index contributed by atoms with van der Waals surface area (Å²) < 4.78 is 19.1. The molecule has 2 nitrogen and oxygen atoms in total. The molecule has 0 bridgehead atoms. The van der Waals surface area contributed by atoms with Gasteiger partial charge in [-0.15, -0.1) is 0 Å². The summed E-state index contributed by atoms with van der Waals surface area (Å²) >= 11 is 0. The van der Waals surface area contributed by atoms with Crippen LogP contribution in [0.1, 0.15) is 23.1 Å². The summed E-state index contributed by atoms with van der Waals surface area (Å²) in [4.78, 5) is 0. The normalized spacial score (nSPS) is 13.4. The second-order valence-corrected chi connectivity index (χ2v) is 4.68. The van der Waals surface area contributed by atoms with E-state index in [0.717, 1.165) is 18.4 Å². The molecule has 3 heteroatoms. The quantitative estimate of drug-likeness (QED) is 0.890. The molecule has 1 aliphatic rings. The summed E-state index contributed by atoms with van der Waals surface area (Å²) in [6.07, 6.45) is 1.73. The molecular weight excluding hydrogens is 241 g/mol. The lowest BCUT2D eigenvalue weighted by Gasteiger charge is -2.08. The van der Waals surface area contributed by atoms with E-state index in [1.54, 1.807) is 18.2 Å². The Hall–Kier alpha value is -2.16. The Kier molecular flexibility index (Phi) is 3.03. The SMILES string of the molecule is N=C1CCc2ccc(OCc3ccccc3F)cc21. The second kappa shape index (κ2) is 4.84. The Labute approximate surface area is 111 Å². The van der Waals surface area contributed by atoms with Crippen LogP contribution in [0.2, 0.25) is 0 Å². The predicted molar refractivity (Wildman–Crippen MR) is 72.3 cm³/mol. The van der Waals surface area contributed by atoms with Gasteiger partial charge in [-0.2, -0.15) is 0 Å². The number of nitrogens with one attached hydrogen (secondary N) is 1. The van der Waals surface area contributed by atoms with Crippen molar-refractivity contribution in [3.05, 3.63) is 65.0 Å². The number of fused-ring (bicyclic) bond motifs is 1. The van der Waals surface area contributed by atoms with Crippen molar-refractivity contribution in [2.75, 3.05) is 0 Å². The molecule has 0 aliphatic heterocycles. The van der Waals surface area contributed by atoms with Crippen LogP contribution in [-0.2, 0) is 13.0 Å². The second-order valence-electron chi connectivity index (χ2n) is 4.68. The van der Waals surface area contributed by atoms with Crippen LogP contribution in [0.15, 0.2) is 42.5 Å². The molecule has 3 rings (SSSR count). The number of rotatable bonds is 3. The molecule has 0 spiro atoms. The number of hydrogen-bond donors (Lipinski definition) is 1.